The third kappa shape index (κ3) is 4.87. The largest absolute Gasteiger partial charge is 0.493 e. The highest BCUT2D eigenvalue weighted by Gasteiger charge is 2.15. The van der Waals surface area contributed by atoms with Crippen molar-refractivity contribution in [1.82, 2.24) is 25.6 Å². The van der Waals surface area contributed by atoms with E-state index >= 15 is 0 Å². The number of nitrogens with zero attached hydrogens (tertiary/aromatic N) is 5. The van der Waals surface area contributed by atoms with Crippen LogP contribution in [0.5, 0.6) is 17.2 Å². The Bertz CT molecular complexity index is 1030. The Morgan fingerprint density at radius 3 is 2.57 bits per heavy atom. The molecule has 3 rings (SSSR count). The van der Waals surface area contributed by atoms with E-state index < -0.39 is 0 Å². The van der Waals surface area contributed by atoms with Gasteiger partial charge in [-0.2, -0.15) is 9.78 Å². The Hall–Kier alpha value is -3.60. The number of amides is 1. The zero-order valence-corrected chi connectivity index (χ0v) is 17.4. The van der Waals surface area contributed by atoms with Crippen molar-refractivity contribution in [2.45, 2.75) is 5.16 Å². The van der Waals surface area contributed by atoms with Crippen molar-refractivity contribution < 1.29 is 19.0 Å². The van der Waals surface area contributed by atoms with Crippen LogP contribution in [0.1, 0.15) is 5.56 Å². The van der Waals surface area contributed by atoms with E-state index in [0.29, 0.717) is 28.0 Å². The zero-order valence-electron chi connectivity index (χ0n) is 16.6. The van der Waals surface area contributed by atoms with Crippen LogP contribution in [-0.2, 0) is 4.79 Å². The lowest BCUT2D eigenvalue weighted by atomic mass is 10.2. The lowest BCUT2D eigenvalue weighted by molar-refractivity contribution is -0.118. The minimum Gasteiger partial charge on any atom is -0.493 e. The minimum atomic E-state index is -0.307. The molecule has 0 aliphatic rings. The maximum Gasteiger partial charge on any atom is 0.250 e. The lowest BCUT2D eigenvalue weighted by Crippen LogP contribution is -2.20. The predicted molar refractivity (Wildman–Crippen MR) is 112 cm³/mol. The van der Waals surface area contributed by atoms with Gasteiger partial charge in [0, 0.05) is 5.56 Å². The highest BCUT2D eigenvalue weighted by molar-refractivity contribution is 7.99. The van der Waals surface area contributed by atoms with Crippen molar-refractivity contribution in [3.05, 3.63) is 48.0 Å². The van der Waals surface area contributed by atoms with E-state index in [1.807, 2.05) is 30.3 Å². The number of ether oxygens (including phenoxy) is 3. The maximum absolute atomic E-state index is 12.2. The van der Waals surface area contributed by atoms with Gasteiger partial charge >= 0.3 is 0 Å². The van der Waals surface area contributed by atoms with Crippen LogP contribution in [0.2, 0.25) is 0 Å². The summed E-state index contributed by atoms with van der Waals surface area (Å²) in [6, 6.07) is 12.9. The first-order chi connectivity index (χ1) is 14.7. The van der Waals surface area contributed by atoms with Gasteiger partial charge in [-0.15, -0.1) is 5.10 Å². The number of aromatic nitrogens is 4. The van der Waals surface area contributed by atoms with E-state index in [4.69, 9.17) is 14.2 Å². The van der Waals surface area contributed by atoms with E-state index in [9.17, 15) is 4.79 Å². The summed E-state index contributed by atoms with van der Waals surface area (Å²) in [5, 5.41) is 16.1. The molecule has 0 spiro atoms. The number of carbonyl (C=O) groups excluding carboxylic acids is 1. The summed E-state index contributed by atoms with van der Waals surface area (Å²) in [5.74, 6) is 1.21. The number of hydrazone groups is 1. The minimum absolute atomic E-state index is 0.0909. The van der Waals surface area contributed by atoms with Crippen molar-refractivity contribution in [1.29, 1.82) is 0 Å². The average Bonchev–Trinajstić information content (AvgIpc) is 3.26. The van der Waals surface area contributed by atoms with Crippen LogP contribution in [0.3, 0.4) is 0 Å². The van der Waals surface area contributed by atoms with E-state index in [1.54, 1.807) is 16.8 Å². The zero-order chi connectivity index (χ0) is 21.3. The Morgan fingerprint density at radius 2 is 1.87 bits per heavy atom. The van der Waals surface area contributed by atoms with Gasteiger partial charge in [0.2, 0.25) is 10.9 Å². The molecule has 1 amide bonds. The first-order valence-electron chi connectivity index (χ1n) is 8.75. The molecule has 0 bridgehead atoms. The molecule has 0 saturated carbocycles. The topological polar surface area (TPSA) is 113 Å². The van der Waals surface area contributed by atoms with Gasteiger partial charge in [0.15, 0.2) is 11.5 Å². The molecule has 0 unspecified atom stereocenters. The molecule has 0 fully saturated rings. The number of benzene rings is 2. The normalized spacial score (nSPS) is 10.8. The van der Waals surface area contributed by atoms with Crippen LogP contribution in [0.15, 0.2) is 52.7 Å². The molecule has 0 saturated heterocycles. The quantitative estimate of drug-likeness (QED) is 0.313. The standard InChI is InChI=1S/C19H20N6O4S/c1-27-15-10-9-13(17(28-2)18(15)29-3)11-20-21-16(26)12-30-19-22-23-24-25(19)14-7-5-4-6-8-14/h4-11H,12H2,1-3H3,(H,21,26). The number of carbonyl (C=O) groups is 1. The van der Waals surface area contributed by atoms with Gasteiger partial charge in [-0.05, 0) is 34.7 Å². The number of thioether (sulfide) groups is 1. The number of hydrogen-bond donors (Lipinski definition) is 1. The fourth-order valence-corrected chi connectivity index (χ4v) is 3.25. The molecule has 0 radical (unpaired) electrons. The monoisotopic (exact) mass is 428 g/mol. The molecule has 1 heterocycles. The molecule has 11 heteroatoms. The van der Waals surface area contributed by atoms with Crippen LogP contribution in [0, 0.1) is 0 Å². The third-order valence-electron chi connectivity index (χ3n) is 3.90. The summed E-state index contributed by atoms with van der Waals surface area (Å²) < 4.78 is 17.5. The molecular weight excluding hydrogens is 408 g/mol. The maximum atomic E-state index is 12.2. The number of nitrogens with one attached hydrogen (secondary N) is 1. The Kier molecular flexibility index (Phi) is 7.22. The number of rotatable bonds is 9. The Labute approximate surface area is 177 Å². The van der Waals surface area contributed by atoms with Crippen LogP contribution in [-0.4, -0.2) is 59.4 Å². The van der Waals surface area contributed by atoms with Crippen LogP contribution < -0.4 is 19.6 Å². The molecular formula is C19H20N6O4S. The summed E-state index contributed by atoms with van der Waals surface area (Å²) in [4.78, 5) is 12.2. The van der Waals surface area contributed by atoms with Crippen LogP contribution in [0.4, 0.5) is 0 Å². The van der Waals surface area contributed by atoms with Crippen molar-refractivity contribution >= 4 is 23.9 Å². The number of methoxy groups -OCH3 is 3. The molecule has 30 heavy (non-hydrogen) atoms. The second kappa shape index (κ2) is 10.3. The van der Waals surface area contributed by atoms with Crippen LogP contribution >= 0.6 is 11.8 Å². The summed E-state index contributed by atoms with van der Waals surface area (Å²) >= 11 is 1.20. The van der Waals surface area contributed by atoms with Gasteiger partial charge in [-0.1, -0.05) is 30.0 Å². The van der Waals surface area contributed by atoms with E-state index in [0.717, 1.165) is 5.69 Å². The van der Waals surface area contributed by atoms with Gasteiger partial charge in [-0.25, -0.2) is 5.43 Å². The molecule has 0 aliphatic heterocycles. The van der Waals surface area contributed by atoms with Gasteiger partial charge in [-0.3, -0.25) is 4.79 Å². The summed E-state index contributed by atoms with van der Waals surface area (Å²) in [6.07, 6.45) is 1.47. The van der Waals surface area contributed by atoms with Gasteiger partial charge in [0.25, 0.3) is 5.91 Å². The van der Waals surface area contributed by atoms with Crippen molar-refractivity contribution in [2.75, 3.05) is 27.1 Å². The molecule has 1 N–H and O–H groups in total. The number of tetrazole rings is 1. The van der Waals surface area contributed by atoms with Gasteiger partial charge < -0.3 is 14.2 Å². The van der Waals surface area contributed by atoms with Crippen molar-refractivity contribution in [3.8, 4) is 22.9 Å². The van der Waals surface area contributed by atoms with E-state index in [-0.39, 0.29) is 11.7 Å². The van der Waals surface area contributed by atoms with Crippen LogP contribution in [0.25, 0.3) is 5.69 Å². The highest BCUT2D eigenvalue weighted by atomic mass is 32.2. The molecule has 2 aromatic carbocycles. The lowest BCUT2D eigenvalue weighted by Gasteiger charge is -2.13. The predicted octanol–water partition coefficient (Wildman–Crippen LogP) is 1.93. The molecule has 10 nitrogen and oxygen atoms in total. The third-order valence-corrected chi connectivity index (χ3v) is 4.82. The van der Waals surface area contributed by atoms with Crippen molar-refractivity contribution in [3.63, 3.8) is 0 Å². The van der Waals surface area contributed by atoms with Gasteiger partial charge in [0.05, 0.1) is 39.0 Å². The molecule has 1 aromatic heterocycles. The fourth-order valence-electron chi connectivity index (χ4n) is 2.56. The summed E-state index contributed by atoms with van der Waals surface area (Å²) in [5.41, 5.74) is 3.91. The fraction of sp³-hybridized carbons (Fsp3) is 0.211. The smallest absolute Gasteiger partial charge is 0.250 e. The molecule has 0 aliphatic carbocycles. The second-order valence-corrected chi connectivity index (χ2v) is 6.66. The Balaban J connectivity index is 1.61. The average molecular weight is 428 g/mol. The SMILES string of the molecule is COc1ccc(C=NNC(=O)CSc2nnnn2-c2ccccc2)c(OC)c1OC. The van der Waals surface area contributed by atoms with Crippen molar-refractivity contribution in [2.24, 2.45) is 5.10 Å². The van der Waals surface area contributed by atoms with E-state index in [2.05, 4.69) is 26.1 Å². The summed E-state index contributed by atoms with van der Waals surface area (Å²) in [6.45, 7) is 0. The Morgan fingerprint density at radius 1 is 1.10 bits per heavy atom. The number of hydrogen-bond acceptors (Lipinski definition) is 9. The molecule has 3 aromatic rings. The number of para-hydroxylation sites is 1. The summed E-state index contributed by atoms with van der Waals surface area (Å²) in [7, 11) is 4.57. The molecule has 156 valence electrons. The highest BCUT2D eigenvalue weighted by Crippen LogP contribution is 2.38. The first-order valence-corrected chi connectivity index (χ1v) is 9.74. The second-order valence-electron chi connectivity index (χ2n) is 5.71. The van der Waals surface area contributed by atoms with Gasteiger partial charge in [0.1, 0.15) is 0 Å². The molecule has 0 atom stereocenters. The first kappa shape index (κ1) is 21.1. The van der Waals surface area contributed by atoms with E-state index in [1.165, 1.54) is 39.3 Å².